The maximum atomic E-state index is 12.7. The zero-order valence-electron chi connectivity index (χ0n) is 16.6. The molecule has 3 aromatic rings. The molecule has 0 radical (unpaired) electrons. The van der Waals surface area contributed by atoms with Crippen molar-refractivity contribution < 1.29 is 13.2 Å². The van der Waals surface area contributed by atoms with Crippen LogP contribution < -0.4 is 5.32 Å². The summed E-state index contributed by atoms with van der Waals surface area (Å²) in [5.41, 5.74) is 2.04. The SMILES string of the molecule is Cn1cc(-c2nc(C(=O)NCc3ccc(S(=O)(=O)N4CCCCC4)cc3)cs2)cn1. The van der Waals surface area contributed by atoms with E-state index in [1.54, 1.807) is 44.8 Å². The van der Waals surface area contributed by atoms with E-state index in [9.17, 15) is 13.2 Å². The number of piperidine rings is 1. The highest BCUT2D eigenvalue weighted by Gasteiger charge is 2.25. The van der Waals surface area contributed by atoms with E-state index >= 15 is 0 Å². The number of hydrogen-bond acceptors (Lipinski definition) is 6. The molecule has 1 fully saturated rings. The second-order valence-corrected chi connectivity index (χ2v) is 10.0. The first-order valence-electron chi connectivity index (χ1n) is 9.75. The molecule has 8 nitrogen and oxygen atoms in total. The van der Waals surface area contributed by atoms with Gasteiger partial charge in [-0.15, -0.1) is 11.3 Å². The van der Waals surface area contributed by atoms with E-state index in [-0.39, 0.29) is 5.91 Å². The predicted molar refractivity (Wildman–Crippen MR) is 115 cm³/mol. The summed E-state index contributed by atoms with van der Waals surface area (Å²) in [6.07, 6.45) is 6.44. The predicted octanol–water partition coefficient (Wildman–Crippen LogP) is 2.65. The third-order valence-electron chi connectivity index (χ3n) is 5.02. The highest BCUT2D eigenvalue weighted by Crippen LogP contribution is 2.23. The Morgan fingerprint density at radius 2 is 1.90 bits per heavy atom. The molecule has 2 aromatic heterocycles. The summed E-state index contributed by atoms with van der Waals surface area (Å²) in [5.74, 6) is -0.272. The average Bonchev–Trinajstić information content (AvgIpc) is 3.42. The molecule has 0 bridgehead atoms. The maximum absolute atomic E-state index is 12.7. The maximum Gasteiger partial charge on any atom is 0.271 e. The van der Waals surface area contributed by atoms with E-state index < -0.39 is 10.0 Å². The van der Waals surface area contributed by atoms with Gasteiger partial charge in [0.05, 0.1) is 11.1 Å². The molecule has 158 valence electrons. The number of thiazole rings is 1. The van der Waals surface area contributed by atoms with Gasteiger partial charge in [0.25, 0.3) is 5.91 Å². The summed E-state index contributed by atoms with van der Waals surface area (Å²) in [6, 6.07) is 6.68. The second kappa shape index (κ2) is 8.66. The Bertz CT molecular complexity index is 1130. The van der Waals surface area contributed by atoms with E-state index in [4.69, 9.17) is 0 Å². The molecule has 1 aliphatic rings. The van der Waals surface area contributed by atoms with Crippen LogP contribution in [0.3, 0.4) is 0 Å². The lowest BCUT2D eigenvalue weighted by molar-refractivity contribution is 0.0946. The molecular formula is C20H23N5O3S2. The van der Waals surface area contributed by atoms with Gasteiger partial charge in [0.15, 0.2) is 0 Å². The minimum atomic E-state index is -3.44. The van der Waals surface area contributed by atoms with E-state index in [1.165, 1.54) is 11.3 Å². The Morgan fingerprint density at radius 3 is 2.57 bits per heavy atom. The van der Waals surface area contributed by atoms with Crippen molar-refractivity contribution in [2.75, 3.05) is 13.1 Å². The number of carbonyl (C=O) groups excluding carboxylic acids is 1. The molecule has 0 spiro atoms. The highest BCUT2D eigenvalue weighted by atomic mass is 32.2. The van der Waals surface area contributed by atoms with Crippen molar-refractivity contribution in [1.29, 1.82) is 0 Å². The number of nitrogens with zero attached hydrogens (tertiary/aromatic N) is 4. The molecule has 1 N–H and O–H groups in total. The molecule has 1 saturated heterocycles. The molecule has 10 heteroatoms. The smallest absolute Gasteiger partial charge is 0.271 e. The topological polar surface area (TPSA) is 97.2 Å². The van der Waals surface area contributed by atoms with Gasteiger partial charge in [-0.05, 0) is 30.5 Å². The van der Waals surface area contributed by atoms with Gasteiger partial charge >= 0.3 is 0 Å². The number of carbonyl (C=O) groups is 1. The van der Waals surface area contributed by atoms with Gasteiger partial charge in [-0.1, -0.05) is 18.6 Å². The monoisotopic (exact) mass is 445 g/mol. The lowest BCUT2D eigenvalue weighted by Gasteiger charge is -2.25. The van der Waals surface area contributed by atoms with E-state index in [1.807, 2.05) is 13.2 Å². The number of hydrogen-bond donors (Lipinski definition) is 1. The zero-order chi connectivity index (χ0) is 21.1. The standard InChI is InChI=1S/C20H23N5O3S2/c1-24-13-16(12-22-24)20-23-18(14-29-20)19(26)21-11-15-5-7-17(8-6-15)30(27,28)25-9-3-2-4-10-25/h5-8,12-14H,2-4,9-11H2,1H3,(H,21,26). The van der Waals surface area contributed by atoms with Gasteiger partial charge in [-0.3, -0.25) is 9.48 Å². The van der Waals surface area contributed by atoms with Gasteiger partial charge in [0.1, 0.15) is 10.7 Å². The van der Waals surface area contributed by atoms with Crippen LogP contribution in [-0.2, 0) is 23.6 Å². The number of sulfonamides is 1. The fraction of sp³-hybridized carbons (Fsp3) is 0.350. The molecule has 0 saturated carbocycles. The summed E-state index contributed by atoms with van der Waals surface area (Å²) < 4.78 is 28.7. The van der Waals surface area contributed by atoms with Crippen LogP contribution in [0, 0.1) is 0 Å². The normalized spacial score (nSPS) is 15.2. The lowest BCUT2D eigenvalue weighted by atomic mass is 10.2. The summed E-state index contributed by atoms with van der Waals surface area (Å²) >= 11 is 1.39. The Hall–Kier alpha value is -2.56. The number of aromatic nitrogens is 3. The molecule has 0 atom stereocenters. The first-order chi connectivity index (χ1) is 14.4. The average molecular weight is 446 g/mol. The molecule has 4 rings (SSSR count). The van der Waals surface area contributed by atoms with Crippen LogP contribution in [0.15, 0.2) is 46.9 Å². The van der Waals surface area contributed by atoms with Crippen LogP contribution in [0.2, 0.25) is 0 Å². The molecule has 3 heterocycles. The summed E-state index contributed by atoms with van der Waals surface area (Å²) in [5, 5.41) is 9.40. The second-order valence-electron chi connectivity index (χ2n) is 7.23. The van der Waals surface area contributed by atoms with Crippen LogP contribution in [-0.4, -0.2) is 46.5 Å². The number of benzene rings is 1. The quantitative estimate of drug-likeness (QED) is 0.629. The third kappa shape index (κ3) is 4.45. The fourth-order valence-corrected chi connectivity index (χ4v) is 5.64. The summed E-state index contributed by atoms with van der Waals surface area (Å²) in [4.78, 5) is 17.1. The van der Waals surface area contributed by atoms with Crippen molar-refractivity contribution in [3.05, 3.63) is 53.3 Å². The fourth-order valence-electron chi connectivity index (χ4n) is 3.35. The van der Waals surface area contributed by atoms with Gasteiger partial charge in [0, 0.05) is 43.8 Å². The van der Waals surface area contributed by atoms with Crippen molar-refractivity contribution in [2.45, 2.75) is 30.7 Å². The van der Waals surface area contributed by atoms with Gasteiger partial charge in [-0.25, -0.2) is 13.4 Å². The lowest BCUT2D eigenvalue weighted by Crippen LogP contribution is -2.35. The number of aryl methyl sites for hydroxylation is 1. The van der Waals surface area contributed by atoms with Crippen LogP contribution in [0.25, 0.3) is 10.6 Å². The Balaban J connectivity index is 1.37. The molecule has 0 aliphatic carbocycles. The number of nitrogens with one attached hydrogen (secondary N) is 1. The Morgan fingerprint density at radius 1 is 1.17 bits per heavy atom. The molecule has 0 unspecified atom stereocenters. The molecule has 30 heavy (non-hydrogen) atoms. The van der Waals surface area contributed by atoms with Crippen molar-refractivity contribution >= 4 is 27.3 Å². The van der Waals surface area contributed by atoms with Crippen molar-refractivity contribution in [2.24, 2.45) is 7.05 Å². The van der Waals surface area contributed by atoms with E-state index in [2.05, 4.69) is 15.4 Å². The van der Waals surface area contributed by atoms with Crippen molar-refractivity contribution in [3.8, 4) is 10.6 Å². The molecule has 1 aromatic carbocycles. The van der Waals surface area contributed by atoms with Gasteiger partial charge < -0.3 is 5.32 Å². The van der Waals surface area contributed by atoms with Crippen molar-refractivity contribution in [3.63, 3.8) is 0 Å². The molecule has 1 amide bonds. The Labute approximate surface area is 179 Å². The minimum absolute atomic E-state index is 0.272. The number of amides is 1. The molecular weight excluding hydrogens is 422 g/mol. The van der Waals surface area contributed by atoms with E-state index in [0.717, 1.165) is 35.4 Å². The van der Waals surface area contributed by atoms with Crippen LogP contribution in [0.5, 0.6) is 0 Å². The summed E-state index contributed by atoms with van der Waals surface area (Å²) in [7, 11) is -1.62. The minimum Gasteiger partial charge on any atom is -0.347 e. The highest BCUT2D eigenvalue weighted by molar-refractivity contribution is 7.89. The van der Waals surface area contributed by atoms with Gasteiger partial charge in [-0.2, -0.15) is 9.40 Å². The first-order valence-corrected chi connectivity index (χ1v) is 12.1. The van der Waals surface area contributed by atoms with E-state index in [0.29, 0.717) is 30.2 Å². The van der Waals surface area contributed by atoms with Crippen LogP contribution in [0.1, 0.15) is 35.3 Å². The Kier molecular flexibility index (Phi) is 5.98. The summed E-state index contributed by atoms with van der Waals surface area (Å²) in [6.45, 7) is 1.45. The largest absolute Gasteiger partial charge is 0.347 e. The zero-order valence-corrected chi connectivity index (χ0v) is 18.2. The van der Waals surface area contributed by atoms with Gasteiger partial charge in [0.2, 0.25) is 10.0 Å². The van der Waals surface area contributed by atoms with Crippen molar-refractivity contribution in [1.82, 2.24) is 24.4 Å². The molecule has 1 aliphatic heterocycles. The van der Waals surface area contributed by atoms with Crippen LogP contribution in [0.4, 0.5) is 0 Å². The first kappa shape index (κ1) is 20.7. The van der Waals surface area contributed by atoms with Crippen LogP contribution >= 0.6 is 11.3 Å². The third-order valence-corrected chi connectivity index (χ3v) is 7.82. The number of rotatable bonds is 6.